The summed E-state index contributed by atoms with van der Waals surface area (Å²) in [6.07, 6.45) is -1.55. The number of rotatable bonds is 11. The molecule has 0 unspecified atom stereocenters. The van der Waals surface area contributed by atoms with Gasteiger partial charge in [0.15, 0.2) is 0 Å². The summed E-state index contributed by atoms with van der Waals surface area (Å²) in [6.45, 7) is 10.4. The first-order valence-corrected chi connectivity index (χ1v) is 14.7. The molecule has 2 N–H and O–H groups in total. The van der Waals surface area contributed by atoms with E-state index in [-0.39, 0.29) is 22.8 Å². The zero-order chi connectivity index (χ0) is 31.4. The van der Waals surface area contributed by atoms with E-state index >= 15 is 0 Å². The number of aromatic nitrogens is 2. The Morgan fingerprint density at radius 2 is 1.84 bits per heavy atom. The number of aryl methyl sites for hydroxylation is 1. The third-order valence-electron chi connectivity index (χ3n) is 7.93. The number of benzene rings is 3. The summed E-state index contributed by atoms with van der Waals surface area (Å²) in [4.78, 5) is 38.2. The normalized spacial score (nSPS) is 13.3. The highest BCUT2D eigenvalue weighted by molar-refractivity contribution is 6.09. The SMILES string of the molecule is CCN(CC)CCCNc1ncc2cc(-c3cc(C(=O)Nc4cc(C(F)(F)F)ccc4N4CCC4=O)ccc3C)ccc2n1. The van der Waals surface area contributed by atoms with Crippen molar-refractivity contribution in [2.45, 2.75) is 39.8 Å². The number of hydrogen-bond donors (Lipinski definition) is 2. The minimum Gasteiger partial charge on any atom is -0.354 e. The lowest BCUT2D eigenvalue weighted by atomic mass is 9.96. The fourth-order valence-electron chi connectivity index (χ4n) is 5.22. The van der Waals surface area contributed by atoms with E-state index in [1.165, 1.54) is 11.0 Å². The third-order valence-corrected chi connectivity index (χ3v) is 7.93. The Morgan fingerprint density at radius 1 is 1.05 bits per heavy atom. The van der Waals surface area contributed by atoms with Gasteiger partial charge in [0.25, 0.3) is 5.91 Å². The molecule has 0 radical (unpaired) electrons. The van der Waals surface area contributed by atoms with Gasteiger partial charge in [0, 0.05) is 36.7 Å². The highest BCUT2D eigenvalue weighted by Crippen LogP contribution is 2.37. The molecule has 8 nitrogen and oxygen atoms in total. The number of hydrogen-bond acceptors (Lipinski definition) is 6. The first-order valence-electron chi connectivity index (χ1n) is 14.7. The molecule has 230 valence electrons. The van der Waals surface area contributed by atoms with Gasteiger partial charge >= 0.3 is 6.18 Å². The van der Waals surface area contributed by atoms with Gasteiger partial charge in [0.2, 0.25) is 11.9 Å². The van der Waals surface area contributed by atoms with Crippen LogP contribution in [0.2, 0.25) is 0 Å². The monoisotopic (exact) mass is 604 g/mol. The van der Waals surface area contributed by atoms with Gasteiger partial charge in [-0.2, -0.15) is 13.2 Å². The molecule has 1 aliphatic rings. The quantitative estimate of drug-likeness (QED) is 0.145. The Hall–Kier alpha value is -4.51. The van der Waals surface area contributed by atoms with Crippen LogP contribution in [0, 0.1) is 6.92 Å². The number of nitrogens with one attached hydrogen (secondary N) is 2. The van der Waals surface area contributed by atoms with E-state index in [0.717, 1.165) is 72.3 Å². The van der Waals surface area contributed by atoms with Crippen LogP contribution in [0.1, 0.15) is 48.2 Å². The largest absolute Gasteiger partial charge is 0.416 e. The highest BCUT2D eigenvalue weighted by Gasteiger charge is 2.34. The van der Waals surface area contributed by atoms with Crippen molar-refractivity contribution in [1.29, 1.82) is 0 Å². The molecule has 4 aromatic rings. The molecule has 0 atom stereocenters. The van der Waals surface area contributed by atoms with Gasteiger partial charge < -0.3 is 20.4 Å². The standard InChI is InChI=1S/C33H35F3N6O2/c1-4-41(5-2)15-6-14-37-32-38-20-24-17-22(9-11-27(24)40-32)26-18-23(8-7-21(26)3)31(44)39-28-19-25(33(34,35)36)10-12-29(28)42-16-13-30(42)43/h7-12,17-20H,4-6,13-16H2,1-3H3,(H,39,44)(H,37,38,40). The van der Waals surface area contributed by atoms with Crippen molar-refractivity contribution in [2.24, 2.45) is 0 Å². The minimum absolute atomic E-state index is 0.0691. The molecule has 0 saturated carbocycles. The van der Waals surface area contributed by atoms with Gasteiger partial charge in [-0.25, -0.2) is 9.97 Å². The summed E-state index contributed by atoms with van der Waals surface area (Å²) in [5, 5.41) is 6.74. The summed E-state index contributed by atoms with van der Waals surface area (Å²) >= 11 is 0. The maximum Gasteiger partial charge on any atom is 0.416 e. The molecule has 0 spiro atoms. The molecule has 11 heteroatoms. The van der Waals surface area contributed by atoms with E-state index in [0.29, 0.717) is 18.9 Å². The number of nitrogens with zero attached hydrogens (tertiary/aromatic N) is 4. The summed E-state index contributed by atoms with van der Waals surface area (Å²) < 4.78 is 40.4. The molecule has 5 rings (SSSR count). The number of fused-ring (bicyclic) bond motifs is 1. The Bertz CT molecular complexity index is 1690. The van der Waals surface area contributed by atoms with Crippen LogP contribution < -0.4 is 15.5 Å². The van der Waals surface area contributed by atoms with Crippen molar-refractivity contribution in [1.82, 2.24) is 14.9 Å². The van der Waals surface area contributed by atoms with E-state index < -0.39 is 17.6 Å². The number of β-lactam (4-membered cyclic amide) rings is 1. The zero-order valence-electron chi connectivity index (χ0n) is 25.0. The van der Waals surface area contributed by atoms with Gasteiger partial charge in [-0.15, -0.1) is 0 Å². The summed E-state index contributed by atoms with van der Waals surface area (Å²) in [5.41, 5.74) is 2.86. The van der Waals surface area contributed by atoms with E-state index in [9.17, 15) is 22.8 Å². The summed E-state index contributed by atoms with van der Waals surface area (Å²) in [5.74, 6) is -0.231. The molecule has 1 aromatic heterocycles. The lowest BCUT2D eigenvalue weighted by Crippen LogP contribution is -2.43. The smallest absolute Gasteiger partial charge is 0.354 e. The first-order chi connectivity index (χ1) is 21.1. The lowest BCUT2D eigenvalue weighted by Gasteiger charge is -2.32. The molecule has 2 heterocycles. The van der Waals surface area contributed by atoms with Crippen molar-refractivity contribution in [2.75, 3.05) is 48.3 Å². The van der Waals surface area contributed by atoms with Crippen LogP contribution >= 0.6 is 0 Å². The van der Waals surface area contributed by atoms with Crippen molar-refractivity contribution >= 4 is 40.0 Å². The topological polar surface area (TPSA) is 90.5 Å². The molecule has 1 aliphatic heterocycles. The van der Waals surface area contributed by atoms with Gasteiger partial charge in [-0.3, -0.25) is 9.59 Å². The van der Waals surface area contributed by atoms with E-state index in [1.807, 2.05) is 25.1 Å². The molecular weight excluding hydrogens is 569 g/mol. The Balaban J connectivity index is 1.35. The zero-order valence-corrected chi connectivity index (χ0v) is 25.0. The molecule has 1 fully saturated rings. The van der Waals surface area contributed by atoms with Crippen molar-refractivity contribution < 1.29 is 22.8 Å². The average Bonchev–Trinajstić information content (AvgIpc) is 3.00. The van der Waals surface area contributed by atoms with Gasteiger partial charge in [0.05, 0.1) is 22.5 Å². The van der Waals surface area contributed by atoms with Crippen molar-refractivity contribution in [3.8, 4) is 11.1 Å². The number of halogens is 3. The molecule has 0 aliphatic carbocycles. The van der Waals surface area contributed by atoms with E-state index in [1.54, 1.807) is 24.4 Å². The molecule has 3 aromatic carbocycles. The third kappa shape index (κ3) is 6.83. The fourth-order valence-corrected chi connectivity index (χ4v) is 5.22. The second-order valence-electron chi connectivity index (χ2n) is 10.8. The number of alkyl halides is 3. The van der Waals surface area contributed by atoms with Crippen LogP contribution in [0.25, 0.3) is 22.0 Å². The second-order valence-corrected chi connectivity index (χ2v) is 10.8. The number of anilines is 3. The predicted molar refractivity (Wildman–Crippen MR) is 167 cm³/mol. The second kappa shape index (κ2) is 13.0. The fraction of sp³-hybridized carbons (Fsp3) is 0.333. The maximum atomic E-state index is 13.5. The maximum absolute atomic E-state index is 13.5. The van der Waals surface area contributed by atoms with Crippen LogP contribution in [-0.2, 0) is 11.0 Å². The lowest BCUT2D eigenvalue weighted by molar-refractivity contribution is -0.137. The van der Waals surface area contributed by atoms with E-state index in [4.69, 9.17) is 0 Å². The Labute approximate surface area is 254 Å². The van der Waals surface area contributed by atoms with E-state index in [2.05, 4.69) is 39.3 Å². The van der Waals surface area contributed by atoms with Crippen LogP contribution in [0.4, 0.5) is 30.5 Å². The molecule has 0 bridgehead atoms. The number of carbonyl (C=O) groups excluding carboxylic acids is 2. The average molecular weight is 605 g/mol. The Morgan fingerprint density at radius 3 is 2.52 bits per heavy atom. The minimum atomic E-state index is -4.60. The van der Waals surface area contributed by atoms with Crippen LogP contribution in [0.5, 0.6) is 0 Å². The van der Waals surface area contributed by atoms with Gasteiger partial charge in [0.1, 0.15) is 0 Å². The van der Waals surface area contributed by atoms with Crippen molar-refractivity contribution in [3.63, 3.8) is 0 Å². The highest BCUT2D eigenvalue weighted by atomic mass is 19.4. The predicted octanol–water partition coefficient (Wildman–Crippen LogP) is 6.76. The molecular formula is C33H35F3N6O2. The number of amides is 2. The van der Waals surface area contributed by atoms with Crippen LogP contribution in [-0.4, -0.2) is 59.4 Å². The van der Waals surface area contributed by atoms with Crippen LogP contribution in [0.3, 0.4) is 0 Å². The Kier molecular flexibility index (Phi) is 9.14. The van der Waals surface area contributed by atoms with Crippen LogP contribution in [0.15, 0.2) is 60.8 Å². The molecule has 2 amide bonds. The summed E-state index contributed by atoms with van der Waals surface area (Å²) in [7, 11) is 0. The van der Waals surface area contributed by atoms with Gasteiger partial charge in [-0.05, 0) is 92.1 Å². The number of carbonyl (C=O) groups is 2. The van der Waals surface area contributed by atoms with Gasteiger partial charge in [-0.1, -0.05) is 26.0 Å². The summed E-state index contributed by atoms with van der Waals surface area (Å²) in [6, 6.07) is 13.9. The molecule has 1 saturated heterocycles. The van der Waals surface area contributed by atoms with Crippen molar-refractivity contribution in [3.05, 3.63) is 77.5 Å². The molecule has 44 heavy (non-hydrogen) atoms. The first kappa shape index (κ1) is 30.9.